The van der Waals surface area contributed by atoms with E-state index >= 15 is 0 Å². The first-order chi connectivity index (χ1) is 11.2. The third-order valence-electron chi connectivity index (χ3n) is 4.34. The van der Waals surface area contributed by atoms with Crippen LogP contribution in [0.4, 0.5) is 5.69 Å². The van der Waals surface area contributed by atoms with E-state index in [9.17, 15) is 19.5 Å². The number of benzene rings is 1. The molecule has 2 rings (SSSR count). The Morgan fingerprint density at radius 3 is 2.58 bits per heavy atom. The van der Waals surface area contributed by atoms with Crippen LogP contribution in [0.3, 0.4) is 0 Å². The van der Waals surface area contributed by atoms with E-state index in [1.54, 1.807) is 26.8 Å². The van der Waals surface area contributed by atoms with Gasteiger partial charge in [-0.15, -0.1) is 0 Å². The molecule has 1 fully saturated rings. The van der Waals surface area contributed by atoms with Crippen molar-refractivity contribution in [2.24, 2.45) is 5.92 Å². The highest BCUT2D eigenvalue weighted by Gasteiger charge is 2.46. The number of aliphatic carboxylic acids is 1. The second kappa shape index (κ2) is 6.81. The van der Waals surface area contributed by atoms with E-state index < -0.39 is 17.4 Å². The molecule has 1 saturated heterocycles. The van der Waals surface area contributed by atoms with Crippen LogP contribution in [0.2, 0.25) is 5.02 Å². The van der Waals surface area contributed by atoms with Gasteiger partial charge in [-0.25, -0.2) is 4.79 Å². The molecule has 0 aromatic heterocycles. The molecule has 0 spiro atoms. The molecule has 1 aliphatic heterocycles. The van der Waals surface area contributed by atoms with Gasteiger partial charge in [0.2, 0.25) is 5.91 Å². The van der Waals surface area contributed by atoms with E-state index in [1.165, 1.54) is 17.0 Å². The van der Waals surface area contributed by atoms with Crippen molar-refractivity contribution in [3.05, 3.63) is 28.8 Å². The molecule has 24 heavy (non-hydrogen) atoms. The number of carbonyl (C=O) groups excluding carboxylic acids is 2. The molecule has 1 aromatic carbocycles. The molecule has 1 heterocycles. The topological polar surface area (TPSA) is 86.7 Å². The second-order valence-corrected chi connectivity index (χ2v) is 6.89. The van der Waals surface area contributed by atoms with E-state index in [0.29, 0.717) is 25.1 Å². The number of nitrogens with one attached hydrogen (secondary N) is 1. The van der Waals surface area contributed by atoms with E-state index in [2.05, 4.69) is 5.32 Å². The van der Waals surface area contributed by atoms with Gasteiger partial charge in [0.15, 0.2) is 0 Å². The Balaban J connectivity index is 2.32. The van der Waals surface area contributed by atoms with Gasteiger partial charge in [0.05, 0.1) is 10.6 Å². The minimum atomic E-state index is -1.24. The van der Waals surface area contributed by atoms with Crippen molar-refractivity contribution < 1.29 is 19.5 Å². The molecule has 130 valence electrons. The van der Waals surface area contributed by atoms with E-state index in [-0.39, 0.29) is 22.4 Å². The largest absolute Gasteiger partial charge is 0.480 e. The number of hydrogen-bond acceptors (Lipinski definition) is 3. The van der Waals surface area contributed by atoms with Gasteiger partial charge >= 0.3 is 5.97 Å². The molecular weight excluding hydrogens is 332 g/mol. The van der Waals surface area contributed by atoms with Crippen LogP contribution >= 0.6 is 11.6 Å². The van der Waals surface area contributed by atoms with Crippen LogP contribution in [0, 0.1) is 5.92 Å². The summed E-state index contributed by atoms with van der Waals surface area (Å²) in [6.45, 7) is 5.43. The molecule has 6 nitrogen and oxygen atoms in total. The SMILES string of the molecule is CC(C)C(=O)Nc1ccc(Cl)c(C(=O)N2CCCC2(C)C(=O)O)c1. The number of carbonyl (C=O) groups is 3. The number of amides is 2. The molecule has 1 unspecified atom stereocenters. The van der Waals surface area contributed by atoms with Gasteiger partial charge in [-0.3, -0.25) is 9.59 Å². The fourth-order valence-corrected chi connectivity index (χ4v) is 2.91. The zero-order valence-corrected chi connectivity index (χ0v) is 14.7. The molecule has 0 bridgehead atoms. The molecule has 0 aliphatic carbocycles. The van der Waals surface area contributed by atoms with Crippen molar-refractivity contribution in [1.29, 1.82) is 0 Å². The zero-order valence-electron chi connectivity index (χ0n) is 13.9. The highest BCUT2D eigenvalue weighted by atomic mass is 35.5. The highest BCUT2D eigenvalue weighted by molar-refractivity contribution is 6.34. The minimum Gasteiger partial charge on any atom is -0.480 e. The summed E-state index contributed by atoms with van der Waals surface area (Å²) in [4.78, 5) is 37.5. The third-order valence-corrected chi connectivity index (χ3v) is 4.67. The lowest BCUT2D eigenvalue weighted by molar-refractivity contribution is -0.147. The summed E-state index contributed by atoms with van der Waals surface area (Å²) in [5.74, 6) is -1.85. The monoisotopic (exact) mass is 352 g/mol. The quantitative estimate of drug-likeness (QED) is 0.872. The molecule has 2 N–H and O–H groups in total. The summed E-state index contributed by atoms with van der Waals surface area (Å²) in [7, 11) is 0. The number of likely N-dealkylation sites (tertiary alicyclic amines) is 1. The second-order valence-electron chi connectivity index (χ2n) is 6.48. The van der Waals surface area contributed by atoms with Gasteiger partial charge in [-0.05, 0) is 38.0 Å². The number of carboxylic acids is 1. The van der Waals surface area contributed by atoms with Gasteiger partial charge in [0, 0.05) is 18.2 Å². The van der Waals surface area contributed by atoms with Crippen molar-refractivity contribution in [2.45, 2.75) is 39.2 Å². The first-order valence-electron chi connectivity index (χ1n) is 7.82. The van der Waals surface area contributed by atoms with Crippen molar-refractivity contribution in [1.82, 2.24) is 4.90 Å². The predicted octanol–water partition coefficient (Wildman–Crippen LogP) is 3.01. The van der Waals surface area contributed by atoms with Gasteiger partial charge in [-0.1, -0.05) is 25.4 Å². The lowest BCUT2D eigenvalue weighted by Crippen LogP contribution is -2.50. The van der Waals surface area contributed by atoms with Crippen molar-refractivity contribution in [3.8, 4) is 0 Å². The Kier molecular flexibility index (Phi) is 5.18. The summed E-state index contributed by atoms with van der Waals surface area (Å²) in [6, 6.07) is 4.63. The molecular formula is C17H21ClN2O4. The van der Waals surface area contributed by atoms with Crippen molar-refractivity contribution >= 4 is 35.1 Å². The maximum Gasteiger partial charge on any atom is 0.329 e. The number of carboxylic acid groups (broad SMARTS) is 1. The summed E-state index contributed by atoms with van der Waals surface area (Å²) >= 11 is 6.13. The molecule has 2 amide bonds. The summed E-state index contributed by atoms with van der Waals surface area (Å²) in [5.41, 5.74) is -0.595. The van der Waals surface area contributed by atoms with Crippen LogP contribution in [0.15, 0.2) is 18.2 Å². The number of rotatable bonds is 4. The molecule has 1 aromatic rings. The molecule has 0 saturated carbocycles. The van der Waals surface area contributed by atoms with Crippen LogP contribution in [0.25, 0.3) is 0 Å². The smallest absolute Gasteiger partial charge is 0.329 e. The molecule has 1 aliphatic rings. The van der Waals surface area contributed by atoms with Crippen LogP contribution in [0.1, 0.15) is 44.0 Å². The summed E-state index contributed by atoms with van der Waals surface area (Å²) in [5, 5.41) is 12.4. The number of halogens is 1. The Labute approximate surface area is 145 Å². The number of hydrogen-bond donors (Lipinski definition) is 2. The van der Waals surface area contributed by atoms with Gasteiger partial charge in [-0.2, -0.15) is 0 Å². The van der Waals surface area contributed by atoms with Crippen LogP contribution in [-0.2, 0) is 9.59 Å². The highest BCUT2D eigenvalue weighted by Crippen LogP contribution is 2.33. The minimum absolute atomic E-state index is 0.174. The first-order valence-corrected chi connectivity index (χ1v) is 8.20. The fraction of sp³-hybridized carbons (Fsp3) is 0.471. The van der Waals surface area contributed by atoms with Crippen LogP contribution in [-0.4, -0.2) is 39.9 Å². The summed E-state index contributed by atoms with van der Waals surface area (Å²) < 4.78 is 0. The van der Waals surface area contributed by atoms with Gasteiger partial charge in [0.25, 0.3) is 5.91 Å². The lowest BCUT2D eigenvalue weighted by atomic mass is 9.98. The predicted molar refractivity (Wildman–Crippen MR) is 91.2 cm³/mol. The molecule has 1 atom stereocenters. The van der Waals surface area contributed by atoms with Crippen LogP contribution < -0.4 is 5.32 Å². The van der Waals surface area contributed by atoms with E-state index in [0.717, 1.165) is 0 Å². The average Bonchev–Trinajstić information content (AvgIpc) is 2.91. The Morgan fingerprint density at radius 2 is 2.00 bits per heavy atom. The Bertz CT molecular complexity index is 689. The Hall–Kier alpha value is -2.08. The maximum atomic E-state index is 12.8. The first kappa shape index (κ1) is 18.3. The third kappa shape index (κ3) is 3.38. The number of nitrogens with zero attached hydrogens (tertiary/aromatic N) is 1. The normalized spacial score (nSPS) is 20.3. The Morgan fingerprint density at radius 1 is 1.33 bits per heavy atom. The van der Waals surface area contributed by atoms with Gasteiger partial charge in [0.1, 0.15) is 5.54 Å². The maximum absolute atomic E-state index is 12.8. The molecule has 7 heteroatoms. The standard InChI is InChI=1S/C17H21ClN2O4/c1-10(2)14(21)19-11-5-6-13(18)12(9-11)15(22)20-8-4-7-17(20,3)16(23)24/h5-6,9-10H,4,7-8H2,1-3H3,(H,19,21)(H,23,24). The summed E-state index contributed by atoms with van der Waals surface area (Å²) in [6.07, 6.45) is 1.02. The van der Waals surface area contributed by atoms with Gasteiger partial charge < -0.3 is 15.3 Å². The lowest BCUT2D eigenvalue weighted by Gasteiger charge is -2.31. The van der Waals surface area contributed by atoms with Crippen molar-refractivity contribution in [3.63, 3.8) is 0 Å². The van der Waals surface area contributed by atoms with Crippen LogP contribution in [0.5, 0.6) is 0 Å². The fourth-order valence-electron chi connectivity index (χ4n) is 2.71. The van der Waals surface area contributed by atoms with E-state index in [1.807, 2.05) is 0 Å². The zero-order chi connectivity index (χ0) is 18.1. The van der Waals surface area contributed by atoms with Crippen molar-refractivity contribution in [2.75, 3.05) is 11.9 Å². The molecule has 0 radical (unpaired) electrons. The average molecular weight is 353 g/mol. The van der Waals surface area contributed by atoms with E-state index in [4.69, 9.17) is 11.6 Å². The number of anilines is 1.